The number of aromatic nitrogens is 1. The number of rotatable bonds is 6. The Labute approximate surface area is 159 Å². The molecule has 1 aliphatic carbocycles. The number of benzene rings is 1. The number of Topliss-reactive ketones (excluding diaryl/α,β-unsaturated/α-hetero) is 2. The number of ketones is 2. The van der Waals surface area contributed by atoms with Gasteiger partial charge < -0.3 is 9.72 Å². The molecule has 0 fully saturated rings. The predicted molar refractivity (Wildman–Crippen MR) is 102 cm³/mol. The van der Waals surface area contributed by atoms with Gasteiger partial charge in [-0.05, 0) is 69.2 Å². The maximum atomic E-state index is 12.7. The highest BCUT2D eigenvalue weighted by Gasteiger charge is 2.26. The Morgan fingerprint density at radius 2 is 1.85 bits per heavy atom. The fourth-order valence-corrected chi connectivity index (χ4v) is 3.92. The van der Waals surface area contributed by atoms with Gasteiger partial charge in [0.05, 0.1) is 12.1 Å². The van der Waals surface area contributed by atoms with E-state index in [0.717, 1.165) is 24.8 Å². The van der Waals surface area contributed by atoms with Crippen LogP contribution in [0.4, 0.5) is 0 Å². The van der Waals surface area contributed by atoms with Crippen molar-refractivity contribution < 1.29 is 19.1 Å². The van der Waals surface area contributed by atoms with Gasteiger partial charge in [0.1, 0.15) is 0 Å². The maximum Gasteiger partial charge on any atom is 0.310 e. The zero-order valence-electron chi connectivity index (χ0n) is 16.3. The molecule has 0 unspecified atom stereocenters. The van der Waals surface area contributed by atoms with Crippen LogP contribution in [-0.2, 0) is 28.8 Å². The first-order chi connectivity index (χ1) is 12.8. The number of hydrogen-bond donors (Lipinski definition) is 1. The number of fused-ring (bicyclic) bond motifs is 1. The van der Waals surface area contributed by atoms with Crippen LogP contribution >= 0.6 is 0 Å². The first kappa shape index (κ1) is 19.1. The average molecular weight is 367 g/mol. The predicted octanol–water partition coefficient (Wildman–Crippen LogP) is 3.68. The number of H-pyrrole nitrogens is 1. The number of aromatic amines is 1. The Morgan fingerprint density at radius 1 is 1.15 bits per heavy atom. The van der Waals surface area contributed by atoms with E-state index in [2.05, 4.69) is 17.1 Å². The van der Waals surface area contributed by atoms with Gasteiger partial charge in [-0.3, -0.25) is 14.4 Å². The van der Waals surface area contributed by atoms with Crippen LogP contribution in [0.15, 0.2) is 18.2 Å². The number of hydrogen-bond acceptors (Lipinski definition) is 4. The smallest absolute Gasteiger partial charge is 0.310 e. The van der Waals surface area contributed by atoms with Crippen molar-refractivity contribution in [2.24, 2.45) is 0 Å². The summed E-state index contributed by atoms with van der Waals surface area (Å²) in [7, 11) is 0. The Bertz CT molecular complexity index is 923. The van der Waals surface area contributed by atoms with E-state index in [1.165, 1.54) is 18.1 Å². The van der Waals surface area contributed by atoms with Crippen LogP contribution in [0, 0.1) is 13.8 Å². The number of ether oxygens (including phenoxy) is 1. The van der Waals surface area contributed by atoms with Crippen LogP contribution < -0.4 is 0 Å². The zero-order chi connectivity index (χ0) is 19.7. The quantitative estimate of drug-likeness (QED) is 0.624. The molecule has 5 heteroatoms. The summed E-state index contributed by atoms with van der Waals surface area (Å²) >= 11 is 0. The molecule has 1 heterocycles. The molecular weight excluding hydrogens is 342 g/mol. The molecule has 0 spiro atoms. The molecule has 1 atom stereocenters. The van der Waals surface area contributed by atoms with Gasteiger partial charge in [0.2, 0.25) is 5.78 Å². The van der Waals surface area contributed by atoms with Crippen LogP contribution in [0.2, 0.25) is 0 Å². The number of carbonyl (C=O) groups excluding carboxylic acids is 3. The summed E-state index contributed by atoms with van der Waals surface area (Å²) in [5, 5.41) is 0. The Hall–Kier alpha value is -2.69. The lowest BCUT2D eigenvalue weighted by Crippen LogP contribution is -2.26. The summed E-state index contributed by atoms with van der Waals surface area (Å²) in [6.45, 7) is 6.51. The monoisotopic (exact) mass is 367 g/mol. The number of nitrogens with one attached hydrogen (secondary N) is 1. The molecule has 3 rings (SSSR count). The molecule has 1 aliphatic rings. The molecule has 2 aromatic rings. The summed E-state index contributed by atoms with van der Waals surface area (Å²) in [5.74, 6) is -0.853. The molecule has 142 valence electrons. The summed E-state index contributed by atoms with van der Waals surface area (Å²) in [6.07, 6.45) is 2.54. The third-order valence-corrected chi connectivity index (χ3v) is 5.22. The van der Waals surface area contributed by atoms with Gasteiger partial charge in [0, 0.05) is 11.3 Å². The van der Waals surface area contributed by atoms with Crippen LogP contribution in [0.1, 0.15) is 69.1 Å². The Kier molecular flexibility index (Phi) is 5.31. The van der Waals surface area contributed by atoms with Gasteiger partial charge in [0.15, 0.2) is 11.9 Å². The van der Waals surface area contributed by atoms with E-state index in [9.17, 15) is 14.4 Å². The van der Waals surface area contributed by atoms with E-state index < -0.39 is 12.1 Å². The molecular formula is C22H25NO4. The third-order valence-electron chi connectivity index (χ3n) is 5.22. The topological polar surface area (TPSA) is 76.2 Å². The highest BCUT2D eigenvalue weighted by atomic mass is 16.5. The van der Waals surface area contributed by atoms with E-state index in [0.29, 0.717) is 22.5 Å². The normalized spacial score (nSPS) is 13.9. The highest BCUT2D eigenvalue weighted by molar-refractivity contribution is 6.05. The van der Waals surface area contributed by atoms with Crippen molar-refractivity contribution in [1.82, 2.24) is 4.98 Å². The standard InChI is InChI=1S/C22H25NO4/c1-12-20(14(3)24)13(2)23-21(12)22(26)15(4)27-19(25)11-16-8-9-17-6-5-7-18(17)10-16/h8-10,15,23H,5-7,11H2,1-4H3/t15-/m1/s1. The molecule has 0 amide bonds. The molecule has 1 aromatic carbocycles. The molecule has 0 aliphatic heterocycles. The molecule has 27 heavy (non-hydrogen) atoms. The number of esters is 1. The molecule has 0 bridgehead atoms. The summed E-state index contributed by atoms with van der Waals surface area (Å²) in [6, 6.07) is 6.09. The fraction of sp³-hybridized carbons (Fsp3) is 0.409. The van der Waals surface area contributed by atoms with Gasteiger partial charge in [-0.2, -0.15) is 0 Å². The van der Waals surface area contributed by atoms with Crippen molar-refractivity contribution in [3.63, 3.8) is 0 Å². The zero-order valence-corrected chi connectivity index (χ0v) is 16.3. The maximum absolute atomic E-state index is 12.7. The van der Waals surface area contributed by atoms with Crippen molar-refractivity contribution in [3.8, 4) is 0 Å². The second-order valence-corrected chi connectivity index (χ2v) is 7.31. The highest BCUT2D eigenvalue weighted by Crippen LogP contribution is 2.24. The number of aryl methyl sites for hydroxylation is 3. The Morgan fingerprint density at radius 3 is 2.52 bits per heavy atom. The molecule has 0 saturated carbocycles. The van der Waals surface area contributed by atoms with Gasteiger partial charge in [-0.15, -0.1) is 0 Å². The third kappa shape index (κ3) is 3.87. The van der Waals surface area contributed by atoms with Gasteiger partial charge in [0.25, 0.3) is 0 Å². The Balaban J connectivity index is 1.67. The first-order valence-electron chi connectivity index (χ1n) is 9.32. The molecule has 0 saturated heterocycles. The van der Waals surface area contributed by atoms with Crippen LogP contribution in [0.25, 0.3) is 0 Å². The minimum absolute atomic E-state index is 0.0958. The average Bonchev–Trinajstić information content (AvgIpc) is 3.17. The number of carbonyl (C=O) groups is 3. The van der Waals surface area contributed by atoms with E-state index >= 15 is 0 Å². The SMILES string of the molecule is CC(=O)c1c(C)[nH]c(C(=O)[C@@H](C)OC(=O)Cc2ccc3c(c2)CCC3)c1C. The van der Waals surface area contributed by atoms with Crippen molar-refractivity contribution in [1.29, 1.82) is 0 Å². The van der Waals surface area contributed by atoms with E-state index in [1.54, 1.807) is 20.8 Å². The van der Waals surface area contributed by atoms with Crippen LogP contribution in [-0.4, -0.2) is 28.6 Å². The summed E-state index contributed by atoms with van der Waals surface area (Å²) in [4.78, 5) is 39.7. The van der Waals surface area contributed by atoms with Crippen molar-refractivity contribution in [2.45, 2.75) is 59.5 Å². The molecule has 1 N–H and O–H groups in total. The second-order valence-electron chi connectivity index (χ2n) is 7.31. The molecule has 1 aromatic heterocycles. The molecule has 5 nitrogen and oxygen atoms in total. The first-order valence-corrected chi connectivity index (χ1v) is 9.32. The lowest BCUT2D eigenvalue weighted by molar-refractivity contribution is -0.145. The fourth-order valence-electron chi connectivity index (χ4n) is 3.92. The van der Waals surface area contributed by atoms with E-state index in [1.807, 2.05) is 6.07 Å². The minimum Gasteiger partial charge on any atom is -0.454 e. The van der Waals surface area contributed by atoms with Crippen molar-refractivity contribution in [2.75, 3.05) is 0 Å². The van der Waals surface area contributed by atoms with Crippen molar-refractivity contribution >= 4 is 17.5 Å². The van der Waals surface area contributed by atoms with Gasteiger partial charge in [-0.25, -0.2) is 0 Å². The summed E-state index contributed by atoms with van der Waals surface area (Å²) < 4.78 is 5.36. The van der Waals surface area contributed by atoms with Crippen LogP contribution in [0.5, 0.6) is 0 Å². The van der Waals surface area contributed by atoms with E-state index in [4.69, 9.17) is 4.74 Å². The lowest BCUT2D eigenvalue weighted by atomic mass is 10.0. The molecule has 0 radical (unpaired) electrons. The lowest BCUT2D eigenvalue weighted by Gasteiger charge is -2.13. The van der Waals surface area contributed by atoms with Crippen LogP contribution in [0.3, 0.4) is 0 Å². The summed E-state index contributed by atoms with van der Waals surface area (Å²) in [5.41, 5.74) is 5.68. The second kappa shape index (κ2) is 7.51. The van der Waals surface area contributed by atoms with Crippen molar-refractivity contribution in [3.05, 3.63) is 57.4 Å². The van der Waals surface area contributed by atoms with E-state index in [-0.39, 0.29) is 18.0 Å². The van der Waals surface area contributed by atoms with Gasteiger partial charge >= 0.3 is 5.97 Å². The largest absolute Gasteiger partial charge is 0.454 e. The minimum atomic E-state index is -0.913. The van der Waals surface area contributed by atoms with Gasteiger partial charge in [-0.1, -0.05) is 18.2 Å².